The van der Waals surface area contributed by atoms with Gasteiger partial charge in [0.2, 0.25) is 5.91 Å². The van der Waals surface area contributed by atoms with Crippen LogP contribution in [0.1, 0.15) is 31.4 Å². The van der Waals surface area contributed by atoms with Gasteiger partial charge in [0.1, 0.15) is 5.76 Å². The molecule has 0 saturated carbocycles. The van der Waals surface area contributed by atoms with E-state index in [-0.39, 0.29) is 5.91 Å². The van der Waals surface area contributed by atoms with Gasteiger partial charge in [0.15, 0.2) is 4.67 Å². The van der Waals surface area contributed by atoms with Crippen molar-refractivity contribution in [2.24, 2.45) is 5.92 Å². The lowest BCUT2D eigenvalue weighted by Crippen LogP contribution is -2.44. The van der Waals surface area contributed by atoms with Gasteiger partial charge in [0.05, 0.1) is 6.54 Å². The third-order valence-corrected chi connectivity index (χ3v) is 4.63. The van der Waals surface area contributed by atoms with Crippen LogP contribution in [0.3, 0.4) is 0 Å². The van der Waals surface area contributed by atoms with Crippen molar-refractivity contribution in [1.82, 2.24) is 10.2 Å². The molecule has 1 amide bonds. The molecule has 0 spiro atoms. The van der Waals surface area contributed by atoms with E-state index in [1.54, 1.807) is 0 Å². The van der Waals surface area contributed by atoms with E-state index >= 15 is 0 Å². The lowest BCUT2D eigenvalue weighted by atomic mass is 9.89. The van der Waals surface area contributed by atoms with Crippen LogP contribution >= 0.6 is 15.9 Å². The van der Waals surface area contributed by atoms with E-state index in [1.165, 1.54) is 19.3 Å². The second-order valence-electron chi connectivity index (χ2n) is 5.51. The Morgan fingerprint density at radius 3 is 3.00 bits per heavy atom. The highest BCUT2D eigenvalue weighted by atomic mass is 79.9. The number of likely N-dealkylation sites (tertiary alicyclic amines) is 1. The zero-order valence-electron chi connectivity index (χ0n) is 10.9. The standard InChI is InChI=1S/C14H19BrN2O2/c15-13-5-4-11(19-13)9-17-6-2-1-3-12(17)10-7-14(18)16-8-10/h4-5,10,12H,1-3,6-9H2,(H,16,18). The van der Waals surface area contributed by atoms with Crippen molar-refractivity contribution in [2.75, 3.05) is 13.1 Å². The van der Waals surface area contributed by atoms with Crippen LogP contribution in [0, 0.1) is 5.92 Å². The summed E-state index contributed by atoms with van der Waals surface area (Å²) in [5.41, 5.74) is 0. The molecule has 0 aromatic carbocycles. The Morgan fingerprint density at radius 2 is 2.32 bits per heavy atom. The quantitative estimate of drug-likeness (QED) is 0.928. The van der Waals surface area contributed by atoms with Gasteiger partial charge in [-0.25, -0.2) is 0 Å². The summed E-state index contributed by atoms with van der Waals surface area (Å²) in [6, 6.07) is 4.47. The van der Waals surface area contributed by atoms with E-state index in [0.717, 1.165) is 30.1 Å². The van der Waals surface area contributed by atoms with Crippen molar-refractivity contribution in [2.45, 2.75) is 38.3 Å². The van der Waals surface area contributed by atoms with Crippen LogP contribution in [-0.4, -0.2) is 29.9 Å². The van der Waals surface area contributed by atoms with Gasteiger partial charge in [-0.05, 0) is 47.4 Å². The second-order valence-corrected chi connectivity index (χ2v) is 6.29. The number of amides is 1. The fourth-order valence-corrected chi connectivity index (χ4v) is 3.62. The minimum atomic E-state index is 0.205. The topological polar surface area (TPSA) is 45.5 Å². The minimum absolute atomic E-state index is 0.205. The molecular weight excluding hydrogens is 308 g/mol. The van der Waals surface area contributed by atoms with Crippen LogP contribution in [0.4, 0.5) is 0 Å². The first kappa shape index (κ1) is 13.2. The molecule has 2 unspecified atom stereocenters. The van der Waals surface area contributed by atoms with Crippen molar-refractivity contribution in [1.29, 1.82) is 0 Å². The first-order valence-corrected chi connectivity index (χ1v) is 7.76. The number of carbonyl (C=O) groups excluding carboxylic acids is 1. The molecule has 1 aromatic heterocycles. The highest BCUT2D eigenvalue weighted by Gasteiger charge is 2.34. The van der Waals surface area contributed by atoms with Crippen LogP contribution in [-0.2, 0) is 11.3 Å². The Morgan fingerprint density at radius 1 is 1.42 bits per heavy atom. The molecule has 19 heavy (non-hydrogen) atoms. The first-order chi connectivity index (χ1) is 9.22. The van der Waals surface area contributed by atoms with E-state index in [9.17, 15) is 4.79 Å². The maximum atomic E-state index is 11.4. The van der Waals surface area contributed by atoms with Crippen molar-refractivity contribution in [3.05, 3.63) is 22.6 Å². The fourth-order valence-electron chi connectivity index (χ4n) is 3.28. The molecule has 2 saturated heterocycles. The van der Waals surface area contributed by atoms with Crippen molar-refractivity contribution >= 4 is 21.8 Å². The number of halogens is 1. The maximum absolute atomic E-state index is 11.4. The summed E-state index contributed by atoms with van der Waals surface area (Å²) in [7, 11) is 0. The van der Waals surface area contributed by atoms with Crippen molar-refractivity contribution in [3.8, 4) is 0 Å². The SMILES string of the molecule is O=C1CC(C2CCCCN2Cc2ccc(Br)o2)CN1. The third-order valence-electron chi connectivity index (χ3n) is 4.21. The summed E-state index contributed by atoms with van der Waals surface area (Å²) in [5.74, 6) is 1.67. The highest BCUT2D eigenvalue weighted by Crippen LogP contribution is 2.29. The van der Waals surface area contributed by atoms with Gasteiger partial charge in [0, 0.05) is 24.9 Å². The largest absolute Gasteiger partial charge is 0.453 e. The smallest absolute Gasteiger partial charge is 0.220 e. The number of rotatable bonds is 3. The maximum Gasteiger partial charge on any atom is 0.220 e. The van der Waals surface area contributed by atoms with Crippen LogP contribution in [0.25, 0.3) is 0 Å². The van der Waals surface area contributed by atoms with Gasteiger partial charge in [-0.2, -0.15) is 0 Å². The molecule has 2 fully saturated rings. The average molecular weight is 327 g/mol. The summed E-state index contributed by atoms with van der Waals surface area (Å²) >= 11 is 3.35. The van der Waals surface area contributed by atoms with Crippen molar-refractivity contribution in [3.63, 3.8) is 0 Å². The zero-order valence-corrected chi connectivity index (χ0v) is 12.5. The minimum Gasteiger partial charge on any atom is -0.453 e. The van der Waals surface area contributed by atoms with Gasteiger partial charge >= 0.3 is 0 Å². The number of hydrogen-bond donors (Lipinski definition) is 1. The van der Waals surface area contributed by atoms with Crippen molar-refractivity contribution < 1.29 is 9.21 Å². The van der Waals surface area contributed by atoms with E-state index in [0.29, 0.717) is 18.4 Å². The van der Waals surface area contributed by atoms with Crippen LogP contribution in [0.2, 0.25) is 0 Å². The van der Waals surface area contributed by atoms with E-state index in [2.05, 4.69) is 26.1 Å². The predicted molar refractivity (Wildman–Crippen MR) is 75.6 cm³/mol. The molecule has 2 aliphatic heterocycles. The van der Waals surface area contributed by atoms with Gasteiger partial charge in [-0.1, -0.05) is 6.42 Å². The second kappa shape index (κ2) is 5.67. The van der Waals surface area contributed by atoms with Gasteiger partial charge < -0.3 is 9.73 Å². The number of hydrogen-bond acceptors (Lipinski definition) is 3. The number of piperidine rings is 1. The Kier molecular flexibility index (Phi) is 3.93. The number of nitrogens with one attached hydrogen (secondary N) is 1. The van der Waals surface area contributed by atoms with Crippen LogP contribution < -0.4 is 5.32 Å². The Hall–Kier alpha value is -0.810. The summed E-state index contributed by atoms with van der Waals surface area (Å²) in [5, 5.41) is 2.96. The average Bonchev–Trinajstić information content (AvgIpc) is 2.99. The zero-order chi connectivity index (χ0) is 13.2. The normalized spacial score (nSPS) is 28.6. The third kappa shape index (κ3) is 3.03. The molecule has 3 rings (SSSR count). The summed E-state index contributed by atoms with van der Waals surface area (Å²) in [4.78, 5) is 13.9. The summed E-state index contributed by atoms with van der Waals surface area (Å²) < 4.78 is 6.40. The number of furan rings is 1. The molecule has 0 radical (unpaired) electrons. The number of nitrogens with zero attached hydrogens (tertiary/aromatic N) is 1. The molecule has 0 aliphatic carbocycles. The highest BCUT2D eigenvalue weighted by molar-refractivity contribution is 9.10. The van der Waals surface area contributed by atoms with E-state index in [4.69, 9.17) is 4.42 Å². The molecule has 4 nitrogen and oxygen atoms in total. The molecular formula is C14H19BrN2O2. The molecule has 1 aromatic rings. The monoisotopic (exact) mass is 326 g/mol. The van der Waals surface area contributed by atoms with Crippen LogP contribution in [0.15, 0.2) is 21.2 Å². The predicted octanol–water partition coefficient (Wildman–Crippen LogP) is 2.53. The Bertz CT molecular complexity index is 460. The lowest BCUT2D eigenvalue weighted by Gasteiger charge is -2.38. The molecule has 104 valence electrons. The van der Waals surface area contributed by atoms with Gasteiger partial charge in [0.25, 0.3) is 0 Å². The summed E-state index contributed by atoms with van der Waals surface area (Å²) in [6.07, 6.45) is 4.39. The molecule has 3 heterocycles. The number of carbonyl (C=O) groups is 1. The van der Waals surface area contributed by atoms with E-state index in [1.807, 2.05) is 12.1 Å². The Labute approximate surface area is 121 Å². The Balaban J connectivity index is 1.68. The molecule has 2 aliphatic rings. The van der Waals surface area contributed by atoms with E-state index < -0.39 is 0 Å². The molecule has 2 atom stereocenters. The van der Waals surface area contributed by atoms with Gasteiger partial charge in [-0.3, -0.25) is 9.69 Å². The fraction of sp³-hybridized carbons (Fsp3) is 0.643. The summed E-state index contributed by atoms with van der Waals surface area (Å²) in [6.45, 7) is 2.79. The first-order valence-electron chi connectivity index (χ1n) is 6.97. The van der Waals surface area contributed by atoms with Crippen LogP contribution in [0.5, 0.6) is 0 Å². The molecule has 5 heteroatoms. The molecule has 1 N–H and O–H groups in total. The van der Waals surface area contributed by atoms with Gasteiger partial charge in [-0.15, -0.1) is 0 Å². The molecule has 0 bridgehead atoms. The lowest BCUT2D eigenvalue weighted by molar-refractivity contribution is -0.119.